The molecule has 0 bridgehead atoms. The van der Waals surface area contributed by atoms with Crippen molar-refractivity contribution in [2.75, 3.05) is 25.1 Å². The van der Waals surface area contributed by atoms with Gasteiger partial charge in [-0.25, -0.2) is 0 Å². The number of amides is 2. The van der Waals surface area contributed by atoms with Crippen molar-refractivity contribution < 1.29 is 19.1 Å². The highest BCUT2D eigenvalue weighted by atomic mass is 16.6. The Kier molecular flexibility index (Phi) is 5.19. The second kappa shape index (κ2) is 7.92. The number of rotatable bonds is 4. The first-order chi connectivity index (χ1) is 13.6. The van der Waals surface area contributed by atoms with Gasteiger partial charge < -0.3 is 19.7 Å². The van der Waals surface area contributed by atoms with E-state index in [2.05, 4.69) is 5.32 Å². The molecule has 2 amide bonds. The molecule has 0 radical (unpaired) electrons. The van der Waals surface area contributed by atoms with E-state index in [-0.39, 0.29) is 17.9 Å². The van der Waals surface area contributed by atoms with Crippen LogP contribution in [0.15, 0.2) is 42.5 Å². The lowest BCUT2D eigenvalue weighted by atomic mass is 10.0. The molecule has 2 aromatic carbocycles. The first-order valence-electron chi connectivity index (χ1n) is 9.66. The molecule has 1 N–H and O–H groups in total. The van der Waals surface area contributed by atoms with Crippen molar-refractivity contribution in [3.8, 4) is 11.5 Å². The first kappa shape index (κ1) is 18.3. The van der Waals surface area contributed by atoms with E-state index < -0.39 is 0 Å². The van der Waals surface area contributed by atoms with E-state index in [1.54, 1.807) is 0 Å². The van der Waals surface area contributed by atoms with Gasteiger partial charge in [0.25, 0.3) is 0 Å². The molecule has 6 nitrogen and oxygen atoms in total. The van der Waals surface area contributed by atoms with Crippen molar-refractivity contribution in [1.29, 1.82) is 0 Å². The Labute approximate surface area is 164 Å². The molecule has 0 spiro atoms. The van der Waals surface area contributed by atoms with Gasteiger partial charge in [-0.1, -0.05) is 18.2 Å². The summed E-state index contributed by atoms with van der Waals surface area (Å²) >= 11 is 0. The highest BCUT2D eigenvalue weighted by molar-refractivity contribution is 5.88. The highest BCUT2D eigenvalue weighted by Crippen LogP contribution is 2.38. The number of hydrogen-bond donors (Lipinski definition) is 1. The molecular weight excluding hydrogens is 356 g/mol. The Balaban J connectivity index is 1.45. The largest absolute Gasteiger partial charge is 0.486 e. The van der Waals surface area contributed by atoms with E-state index >= 15 is 0 Å². The Morgan fingerprint density at radius 1 is 1.07 bits per heavy atom. The van der Waals surface area contributed by atoms with Crippen LogP contribution in [0, 0.1) is 0 Å². The topological polar surface area (TPSA) is 67.9 Å². The third-order valence-corrected chi connectivity index (χ3v) is 5.15. The van der Waals surface area contributed by atoms with Crippen molar-refractivity contribution in [2.24, 2.45) is 0 Å². The Morgan fingerprint density at radius 2 is 1.82 bits per heavy atom. The molecule has 2 aromatic rings. The summed E-state index contributed by atoms with van der Waals surface area (Å²) in [7, 11) is 0. The van der Waals surface area contributed by atoms with Crippen LogP contribution in [-0.4, -0.2) is 36.5 Å². The lowest BCUT2D eigenvalue weighted by Gasteiger charge is -2.27. The van der Waals surface area contributed by atoms with Gasteiger partial charge in [-0.3, -0.25) is 9.59 Å². The van der Waals surface area contributed by atoms with Crippen LogP contribution in [-0.2, 0) is 16.0 Å². The molecular formula is C22H24N2O4. The summed E-state index contributed by atoms with van der Waals surface area (Å²) in [6, 6.07) is 13.5. The van der Waals surface area contributed by atoms with E-state index in [9.17, 15) is 9.59 Å². The smallest absolute Gasteiger partial charge is 0.227 e. The van der Waals surface area contributed by atoms with Crippen LogP contribution in [0.3, 0.4) is 0 Å². The van der Waals surface area contributed by atoms with Crippen molar-refractivity contribution in [2.45, 2.75) is 32.2 Å². The van der Waals surface area contributed by atoms with Crippen molar-refractivity contribution in [3.05, 3.63) is 53.6 Å². The summed E-state index contributed by atoms with van der Waals surface area (Å²) in [4.78, 5) is 26.0. The zero-order valence-electron chi connectivity index (χ0n) is 15.9. The number of hydrogen-bond acceptors (Lipinski definition) is 4. The van der Waals surface area contributed by atoms with Gasteiger partial charge in [0.05, 0.1) is 12.5 Å². The number of carbonyl (C=O) groups is 2. The van der Waals surface area contributed by atoms with Crippen LogP contribution in [0.4, 0.5) is 5.69 Å². The Morgan fingerprint density at radius 3 is 2.57 bits per heavy atom. The molecule has 0 aliphatic carbocycles. The minimum absolute atomic E-state index is 0.0713. The van der Waals surface area contributed by atoms with Crippen LogP contribution >= 0.6 is 0 Å². The van der Waals surface area contributed by atoms with Gasteiger partial charge in [0.1, 0.15) is 13.2 Å². The molecule has 6 heteroatoms. The monoisotopic (exact) mass is 380 g/mol. The number of ether oxygens (including phenoxy) is 2. The molecule has 4 rings (SSSR count). The second-order valence-corrected chi connectivity index (χ2v) is 7.20. The molecule has 2 heterocycles. The predicted octanol–water partition coefficient (Wildman–Crippen LogP) is 3.32. The van der Waals surface area contributed by atoms with Gasteiger partial charge in [-0.05, 0) is 48.2 Å². The zero-order chi connectivity index (χ0) is 19.5. The van der Waals surface area contributed by atoms with Gasteiger partial charge >= 0.3 is 0 Å². The Bertz CT molecular complexity index is 879. The SMILES string of the molecule is CC(=O)Nc1ccc(CC(=O)N2CCCC2c2ccc3c(c2)OCCO3)cc1. The summed E-state index contributed by atoms with van der Waals surface area (Å²) in [5.41, 5.74) is 2.77. The minimum Gasteiger partial charge on any atom is -0.486 e. The lowest BCUT2D eigenvalue weighted by Crippen LogP contribution is -2.32. The van der Waals surface area contributed by atoms with Gasteiger partial charge in [0, 0.05) is 19.2 Å². The molecule has 0 aromatic heterocycles. The molecule has 2 aliphatic rings. The number of nitrogens with one attached hydrogen (secondary N) is 1. The fraction of sp³-hybridized carbons (Fsp3) is 0.364. The highest BCUT2D eigenvalue weighted by Gasteiger charge is 2.30. The maximum Gasteiger partial charge on any atom is 0.227 e. The third kappa shape index (κ3) is 3.96. The molecule has 1 unspecified atom stereocenters. The summed E-state index contributed by atoms with van der Waals surface area (Å²) in [6.07, 6.45) is 2.29. The number of carbonyl (C=O) groups excluding carboxylic acids is 2. The van der Waals surface area contributed by atoms with Gasteiger partial charge in [0.15, 0.2) is 11.5 Å². The van der Waals surface area contributed by atoms with Crippen LogP contribution in [0.2, 0.25) is 0 Å². The van der Waals surface area contributed by atoms with Crippen LogP contribution < -0.4 is 14.8 Å². The van der Waals surface area contributed by atoms with Crippen LogP contribution in [0.5, 0.6) is 11.5 Å². The Hall–Kier alpha value is -3.02. The molecule has 0 saturated carbocycles. The normalized spacial score (nSPS) is 18.0. The third-order valence-electron chi connectivity index (χ3n) is 5.15. The van der Waals surface area contributed by atoms with E-state index in [4.69, 9.17) is 9.47 Å². The zero-order valence-corrected chi connectivity index (χ0v) is 15.9. The van der Waals surface area contributed by atoms with E-state index in [0.717, 1.165) is 47.7 Å². The average Bonchev–Trinajstić information content (AvgIpc) is 3.19. The number of likely N-dealkylation sites (tertiary alicyclic amines) is 1. The molecule has 28 heavy (non-hydrogen) atoms. The first-order valence-corrected chi connectivity index (χ1v) is 9.66. The summed E-state index contributed by atoms with van der Waals surface area (Å²) < 4.78 is 11.3. The molecule has 2 aliphatic heterocycles. The van der Waals surface area contributed by atoms with Crippen LogP contribution in [0.25, 0.3) is 0 Å². The minimum atomic E-state index is -0.108. The maximum atomic E-state index is 13.0. The van der Waals surface area contributed by atoms with Gasteiger partial charge in [0.2, 0.25) is 11.8 Å². The van der Waals surface area contributed by atoms with Gasteiger partial charge in [-0.2, -0.15) is 0 Å². The maximum absolute atomic E-state index is 13.0. The fourth-order valence-electron chi connectivity index (χ4n) is 3.86. The fourth-order valence-corrected chi connectivity index (χ4v) is 3.86. The standard InChI is InChI=1S/C22H24N2O4/c1-15(25)23-18-7-4-16(5-8-18)13-22(26)24-10-2-3-19(24)17-6-9-20-21(14-17)28-12-11-27-20/h4-9,14,19H,2-3,10-13H2,1H3,(H,23,25). The second-order valence-electron chi connectivity index (χ2n) is 7.20. The quantitative estimate of drug-likeness (QED) is 0.884. The van der Waals surface area contributed by atoms with Crippen molar-refractivity contribution in [3.63, 3.8) is 0 Å². The van der Waals surface area contributed by atoms with Crippen LogP contribution in [0.1, 0.15) is 36.9 Å². The predicted molar refractivity (Wildman–Crippen MR) is 106 cm³/mol. The molecule has 1 saturated heterocycles. The molecule has 1 atom stereocenters. The van der Waals surface area contributed by atoms with E-state index in [1.165, 1.54) is 6.92 Å². The van der Waals surface area contributed by atoms with Gasteiger partial charge in [-0.15, -0.1) is 0 Å². The number of benzene rings is 2. The lowest BCUT2D eigenvalue weighted by molar-refractivity contribution is -0.131. The average molecular weight is 380 g/mol. The van der Waals surface area contributed by atoms with E-state index in [0.29, 0.717) is 19.6 Å². The van der Waals surface area contributed by atoms with Crippen molar-refractivity contribution >= 4 is 17.5 Å². The van der Waals surface area contributed by atoms with Crippen molar-refractivity contribution in [1.82, 2.24) is 4.90 Å². The van der Waals surface area contributed by atoms with E-state index in [1.807, 2.05) is 47.4 Å². The summed E-state index contributed by atoms with van der Waals surface area (Å²) in [6.45, 7) is 3.37. The number of nitrogens with zero attached hydrogens (tertiary/aromatic N) is 1. The summed E-state index contributed by atoms with van der Waals surface area (Å²) in [5, 5.41) is 2.74. The number of fused-ring (bicyclic) bond motifs is 1. The summed E-state index contributed by atoms with van der Waals surface area (Å²) in [5.74, 6) is 1.54. The number of anilines is 1. The molecule has 146 valence electrons. The molecule has 1 fully saturated rings.